The van der Waals surface area contributed by atoms with Gasteiger partial charge in [-0.05, 0) is 62.4 Å². The van der Waals surface area contributed by atoms with Crippen molar-refractivity contribution in [1.29, 1.82) is 0 Å². The van der Waals surface area contributed by atoms with Gasteiger partial charge in [0.15, 0.2) is 0 Å². The maximum Gasteiger partial charge on any atom is 0.0270 e. The molecule has 2 heteroatoms. The Bertz CT molecular complexity index is 319. The molecule has 2 rings (SSSR count). The molecule has 2 nitrogen and oxygen atoms in total. The van der Waals surface area contributed by atoms with Crippen LogP contribution < -0.4 is 5.32 Å². The highest BCUT2D eigenvalue weighted by molar-refractivity contribution is 5.09. The maximum atomic E-state index is 4.02. The maximum absolute atomic E-state index is 4.02. The lowest BCUT2D eigenvalue weighted by atomic mass is 9.94. The van der Waals surface area contributed by atoms with Crippen LogP contribution in [0.5, 0.6) is 0 Å². The fourth-order valence-electron chi connectivity index (χ4n) is 2.13. The summed E-state index contributed by atoms with van der Waals surface area (Å²) in [7, 11) is 0. The summed E-state index contributed by atoms with van der Waals surface area (Å²) in [4.78, 5) is 4.02. The molecule has 0 fully saturated rings. The highest BCUT2D eigenvalue weighted by atomic mass is 14.9. The third kappa shape index (κ3) is 3.78. The van der Waals surface area contributed by atoms with E-state index in [1.165, 1.54) is 24.8 Å². The predicted octanol–water partition coefficient (Wildman–Crippen LogP) is 2.57. The SMILES string of the molecule is C1=CCC(CNCCc2ccncc2)CC1. The first-order chi connectivity index (χ1) is 7.95. The Hall–Kier alpha value is -1.15. The second-order valence-electron chi connectivity index (χ2n) is 4.46. The Labute approximate surface area is 97.8 Å². The highest BCUT2D eigenvalue weighted by Crippen LogP contribution is 2.16. The van der Waals surface area contributed by atoms with Gasteiger partial charge in [-0.3, -0.25) is 4.98 Å². The minimum absolute atomic E-state index is 0.849. The molecule has 0 aliphatic heterocycles. The zero-order chi connectivity index (χ0) is 11.1. The van der Waals surface area contributed by atoms with Crippen LogP contribution in [0.1, 0.15) is 24.8 Å². The molecule has 1 aromatic heterocycles. The molecule has 1 aliphatic rings. The largest absolute Gasteiger partial charge is 0.316 e. The number of nitrogens with one attached hydrogen (secondary N) is 1. The first-order valence-corrected chi connectivity index (χ1v) is 6.20. The van der Waals surface area contributed by atoms with Gasteiger partial charge in [-0.15, -0.1) is 0 Å². The first kappa shape index (κ1) is 11.3. The fraction of sp³-hybridized carbons (Fsp3) is 0.500. The summed E-state index contributed by atoms with van der Waals surface area (Å²) in [5.74, 6) is 0.849. The van der Waals surface area contributed by atoms with Crippen LogP contribution in [0.2, 0.25) is 0 Å². The quantitative estimate of drug-likeness (QED) is 0.604. The van der Waals surface area contributed by atoms with Gasteiger partial charge >= 0.3 is 0 Å². The average Bonchev–Trinajstić information content (AvgIpc) is 2.37. The van der Waals surface area contributed by atoms with Crippen molar-refractivity contribution in [2.24, 2.45) is 5.92 Å². The van der Waals surface area contributed by atoms with Crippen LogP contribution in [0.25, 0.3) is 0 Å². The lowest BCUT2D eigenvalue weighted by Gasteiger charge is -2.18. The van der Waals surface area contributed by atoms with E-state index in [-0.39, 0.29) is 0 Å². The van der Waals surface area contributed by atoms with Crippen molar-refractivity contribution in [3.05, 3.63) is 42.2 Å². The van der Waals surface area contributed by atoms with E-state index in [1.54, 1.807) is 0 Å². The molecule has 0 saturated carbocycles. The number of aromatic nitrogens is 1. The molecule has 1 unspecified atom stereocenters. The van der Waals surface area contributed by atoms with Gasteiger partial charge in [0.25, 0.3) is 0 Å². The van der Waals surface area contributed by atoms with Crippen molar-refractivity contribution >= 4 is 0 Å². The lowest BCUT2D eigenvalue weighted by Crippen LogP contribution is -2.25. The summed E-state index contributed by atoms with van der Waals surface area (Å²) < 4.78 is 0. The predicted molar refractivity (Wildman–Crippen MR) is 67.3 cm³/mol. The molecule has 1 aliphatic carbocycles. The van der Waals surface area contributed by atoms with Gasteiger partial charge in [0.05, 0.1) is 0 Å². The fourth-order valence-corrected chi connectivity index (χ4v) is 2.13. The zero-order valence-electron chi connectivity index (χ0n) is 9.73. The summed E-state index contributed by atoms with van der Waals surface area (Å²) in [5.41, 5.74) is 1.37. The minimum Gasteiger partial charge on any atom is -0.316 e. The summed E-state index contributed by atoms with van der Waals surface area (Å²) in [5, 5.41) is 3.55. The summed E-state index contributed by atoms with van der Waals surface area (Å²) >= 11 is 0. The molecule has 1 heterocycles. The van der Waals surface area contributed by atoms with Gasteiger partial charge < -0.3 is 5.32 Å². The average molecular weight is 216 g/mol. The molecular formula is C14H20N2. The molecule has 0 spiro atoms. The molecule has 1 atom stereocenters. The minimum atomic E-state index is 0.849. The third-order valence-corrected chi connectivity index (χ3v) is 3.15. The van der Waals surface area contributed by atoms with Crippen LogP contribution in [-0.2, 0) is 6.42 Å². The van der Waals surface area contributed by atoms with Gasteiger partial charge in [0, 0.05) is 12.4 Å². The van der Waals surface area contributed by atoms with E-state index in [1.807, 2.05) is 12.4 Å². The third-order valence-electron chi connectivity index (χ3n) is 3.15. The van der Waals surface area contributed by atoms with Gasteiger partial charge in [-0.1, -0.05) is 12.2 Å². The number of hydrogen-bond donors (Lipinski definition) is 1. The van der Waals surface area contributed by atoms with Gasteiger partial charge in [-0.2, -0.15) is 0 Å². The van der Waals surface area contributed by atoms with Crippen LogP contribution in [0, 0.1) is 5.92 Å². The lowest BCUT2D eigenvalue weighted by molar-refractivity contribution is 0.442. The van der Waals surface area contributed by atoms with E-state index in [0.717, 1.165) is 25.4 Å². The van der Waals surface area contributed by atoms with Crippen LogP contribution in [0.4, 0.5) is 0 Å². The smallest absolute Gasteiger partial charge is 0.0270 e. The van der Waals surface area contributed by atoms with Crippen molar-refractivity contribution in [3.8, 4) is 0 Å². The molecule has 0 radical (unpaired) electrons. The second-order valence-corrected chi connectivity index (χ2v) is 4.46. The molecular weight excluding hydrogens is 196 g/mol. The molecule has 0 amide bonds. The Kier molecular flexibility index (Phi) is 4.56. The van der Waals surface area contributed by atoms with Crippen molar-refractivity contribution < 1.29 is 0 Å². The van der Waals surface area contributed by atoms with Crippen molar-refractivity contribution in [1.82, 2.24) is 10.3 Å². The number of allylic oxidation sites excluding steroid dienone is 2. The number of nitrogens with zero attached hydrogens (tertiary/aromatic N) is 1. The number of rotatable bonds is 5. The van der Waals surface area contributed by atoms with Crippen molar-refractivity contribution in [2.45, 2.75) is 25.7 Å². The van der Waals surface area contributed by atoms with Crippen LogP contribution >= 0.6 is 0 Å². The van der Waals surface area contributed by atoms with E-state index >= 15 is 0 Å². The van der Waals surface area contributed by atoms with E-state index in [0.29, 0.717) is 0 Å². The van der Waals surface area contributed by atoms with E-state index < -0.39 is 0 Å². The second kappa shape index (κ2) is 6.44. The Morgan fingerprint density at radius 3 is 2.88 bits per heavy atom. The van der Waals surface area contributed by atoms with E-state index in [4.69, 9.17) is 0 Å². The highest BCUT2D eigenvalue weighted by Gasteiger charge is 2.08. The van der Waals surface area contributed by atoms with Crippen molar-refractivity contribution in [2.75, 3.05) is 13.1 Å². The molecule has 0 aromatic carbocycles. The molecule has 1 N–H and O–H groups in total. The van der Waals surface area contributed by atoms with Crippen LogP contribution in [0.15, 0.2) is 36.7 Å². The summed E-state index contributed by atoms with van der Waals surface area (Å²) in [6, 6.07) is 4.18. The topological polar surface area (TPSA) is 24.9 Å². The number of hydrogen-bond acceptors (Lipinski definition) is 2. The van der Waals surface area contributed by atoms with Crippen LogP contribution in [-0.4, -0.2) is 18.1 Å². The van der Waals surface area contributed by atoms with Gasteiger partial charge in [0.1, 0.15) is 0 Å². The Morgan fingerprint density at radius 2 is 2.12 bits per heavy atom. The first-order valence-electron chi connectivity index (χ1n) is 6.20. The molecule has 1 aromatic rings. The van der Waals surface area contributed by atoms with Crippen molar-refractivity contribution in [3.63, 3.8) is 0 Å². The van der Waals surface area contributed by atoms with Gasteiger partial charge in [-0.25, -0.2) is 0 Å². The molecule has 0 bridgehead atoms. The molecule has 86 valence electrons. The van der Waals surface area contributed by atoms with Crippen LogP contribution in [0.3, 0.4) is 0 Å². The Balaban J connectivity index is 1.60. The summed E-state index contributed by atoms with van der Waals surface area (Å²) in [6.45, 7) is 2.24. The van der Waals surface area contributed by atoms with E-state index in [9.17, 15) is 0 Å². The molecule has 0 saturated heterocycles. The Morgan fingerprint density at radius 1 is 1.25 bits per heavy atom. The normalized spacial score (nSPS) is 19.9. The standard InChI is InChI=1S/C14H20N2/c1-2-4-14(5-3-1)12-16-11-8-13-6-9-15-10-7-13/h1-2,6-7,9-10,14,16H,3-5,8,11-12H2. The van der Waals surface area contributed by atoms with E-state index in [2.05, 4.69) is 34.6 Å². The number of pyridine rings is 1. The summed E-state index contributed by atoms with van der Waals surface area (Å²) in [6.07, 6.45) is 13.3. The zero-order valence-corrected chi connectivity index (χ0v) is 9.73. The monoisotopic (exact) mass is 216 g/mol. The molecule has 16 heavy (non-hydrogen) atoms. The van der Waals surface area contributed by atoms with Gasteiger partial charge in [0.2, 0.25) is 0 Å².